The van der Waals surface area contributed by atoms with Gasteiger partial charge in [-0.3, -0.25) is 9.59 Å². The van der Waals surface area contributed by atoms with E-state index in [1.807, 2.05) is 53.6 Å². The number of nitrogens with zero attached hydrogens (tertiary/aromatic N) is 1. The summed E-state index contributed by atoms with van der Waals surface area (Å²) in [7, 11) is 3.95. The molecule has 0 saturated heterocycles. The minimum absolute atomic E-state index is 0.00641. The van der Waals surface area contributed by atoms with Gasteiger partial charge in [-0.05, 0) is 14.1 Å². The minimum atomic E-state index is -0.604. The monoisotopic (exact) mass is 271 g/mol. The highest BCUT2D eigenvalue weighted by atomic mass is 16.5. The first-order chi connectivity index (χ1) is 8.47. The van der Waals surface area contributed by atoms with E-state index in [1.165, 1.54) is 0 Å². The standard InChI is InChI=1S/C15H29NO3/c1-14(2,3)12(17)10-13(18)15(4,5)11-19-9-8-16(6)7/h8-11H2,1-7H3. The second kappa shape index (κ2) is 7.15. The largest absolute Gasteiger partial charge is 0.379 e. The third-order valence-electron chi connectivity index (χ3n) is 3.06. The Bertz CT molecular complexity index is 314. The molecule has 0 aliphatic carbocycles. The minimum Gasteiger partial charge on any atom is -0.379 e. The maximum absolute atomic E-state index is 12.1. The fourth-order valence-electron chi connectivity index (χ4n) is 1.31. The van der Waals surface area contributed by atoms with Crippen LogP contribution in [0.15, 0.2) is 0 Å². The van der Waals surface area contributed by atoms with Crippen molar-refractivity contribution < 1.29 is 14.3 Å². The van der Waals surface area contributed by atoms with Gasteiger partial charge in [0.2, 0.25) is 0 Å². The Hall–Kier alpha value is -0.740. The van der Waals surface area contributed by atoms with E-state index < -0.39 is 10.8 Å². The van der Waals surface area contributed by atoms with Gasteiger partial charge in [-0.1, -0.05) is 34.6 Å². The van der Waals surface area contributed by atoms with Crippen molar-refractivity contribution >= 4 is 11.6 Å². The van der Waals surface area contributed by atoms with Gasteiger partial charge in [-0.25, -0.2) is 0 Å². The molecule has 112 valence electrons. The first-order valence-electron chi connectivity index (χ1n) is 6.76. The lowest BCUT2D eigenvalue weighted by molar-refractivity contribution is -0.137. The maximum atomic E-state index is 12.1. The zero-order chi connectivity index (χ0) is 15.3. The number of ether oxygens (including phenoxy) is 1. The van der Waals surface area contributed by atoms with Gasteiger partial charge < -0.3 is 9.64 Å². The molecular weight excluding hydrogens is 242 g/mol. The fraction of sp³-hybridized carbons (Fsp3) is 0.867. The average molecular weight is 271 g/mol. The topological polar surface area (TPSA) is 46.6 Å². The summed E-state index contributed by atoms with van der Waals surface area (Å²) in [5.41, 5.74) is -1.06. The lowest BCUT2D eigenvalue weighted by Gasteiger charge is -2.25. The maximum Gasteiger partial charge on any atom is 0.148 e. The smallest absolute Gasteiger partial charge is 0.148 e. The summed E-state index contributed by atoms with van der Waals surface area (Å²) in [6.07, 6.45) is -0.00641. The van der Waals surface area contributed by atoms with Crippen LogP contribution < -0.4 is 0 Å². The predicted octanol–water partition coefficient (Wildman–Crippen LogP) is 2.17. The third-order valence-corrected chi connectivity index (χ3v) is 3.06. The van der Waals surface area contributed by atoms with Crippen molar-refractivity contribution in [3.8, 4) is 0 Å². The zero-order valence-corrected chi connectivity index (χ0v) is 13.5. The van der Waals surface area contributed by atoms with Gasteiger partial charge in [0, 0.05) is 17.4 Å². The molecule has 0 atom stereocenters. The summed E-state index contributed by atoms with van der Waals surface area (Å²) >= 11 is 0. The number of rotatable bonds is 8. The molecule has 0 amide bonds. The predicted molar refractivity (Wildman–Crippen MR) is 77.2 cm³/mol. The first-order valence-corrected chi connectivity index (χ1v) is 6.76. The van der Waals surface area contributed by atoms with E-state index in [-0.39, 0.29) is 18.0 Å². The van der Waals surface area contributed by atoms with Gasteiger partial charge in [-0.15, -0.1) is 0 Å². The Balaban J connectivity index is 4.25. The van der Waals surface area contributed by atoms with Crippen LogP contribution in [0.25, 0.3) is 0 Å². The number of Topliss-reactive ketones (excluding diaryl/α,β-unsaturated/α-hetero) is 2. The van der Waals surface area contributed by atoms with Crippen LogP contribution in [0.4, 0.5) is 0 Å². The fourth-order valence-corrected chi connectivity index (χ4v) is 1.31. The van der Waals surface area contributed by atoms with Crippen LogP contribution >= 0.6 is 0 Å². The molecule has 0 unspecified atom stereocenters. The molecule has 0 saturated carbocycles. The van der Waals surface area contributed by atoms with Crippen LogP contribution in [0.1, 0.15) is 41.0 Å². The molecule has 4 nitrogen and oxygen atoms in total. The molecule has 0 rings (SSSR count). The van der Waals surface area contributed by atoms with E-state index in [0.717, 1.165) is 6.54 Å². The van der Waals surface area contributed by atoms with Gasteiger partial charge in [0.25, 0.3) is 0 Å². The quantitative estimate of drug-likeness (QED) is 0.501. The first kappa shape index (κ1) is 18.3. The summed E-state index contributed by atoms with van der Waals surface area (Å²) in [5, 5.41) is 0. The van der Waals surface area contributed by atoms with Gasteiger partial charge in [0.15, 0.2) is 0 Å². The molecule has 0 N–H and O–H groups in total. The van der Waals surface area contributed by atoms with Crippen LogP contribution in [-0.4, -0.2) is 50.3 Å². The van der Waals surface area contributed by atoms with Crippen LogP contribution in [0.5, 0.6) is 0 Å². The average Bonchev–Trinajstić information content (AvgIpc) is 2.22. The van der Waals surface area contributed by atoms with Crippen LogP contribution in [-0.2, 0) is 14.3 Å². The van der Waals surface area contributed by atoms with E-state index in [0.29, 0.717) is 13.2 Å². The number of likely N-dealkylation sites (N-methyl/N-ethyl adjacent to an activating group) is 1. The van der Waals surface area contributed by atoms with Crippen LogP contribution in [0.3, 0.4) is 0 Å². The Kier molecular flexibility index (Phi) is 6.87. The van der Waals surface area contributed by atoms with Crippen molar-refractivity contribution in [2.45, 2.75) is 41.0 Å². The van der Waals surface area contributed by atoms with E-state index >= 15 is 0 Å². The summed E-state index contributed by atoms with van der Waals surface area (Å²) in [5.74, 6) is -0.0591. The molecule has 0 aromatic carbocycles. The second-order valence-electron chi connectivity index (χ2n) is 7.01. The van der Waals surface area contributed by atoms with Crippen LogP contribution in [0.2, 0.25) is 0 Å². The molecule has 0 aromatic rings. The van der Waals surface area contributed by atoms with Gasteiger partial charge in [0.1, 0.15) is 11.6 Å². The van der Waals surface area contributed by atoms with Gasteiger partial charge in [-0.2, -0.15) is 0 Å². The molecular formula is C15H29NO3. The van der Waals surface area contributed by atoms with Crippen molar-refractivity contribution in [3.05, 3.63) is 0 Å². The molecule has 0 bridgehead atoms. The summed E-state index contributed by atoms with van der Waals surface area (Å²) in [4.78, 5) is 26.0. The number of carbonyl (C=O) groups excluding carboxylic acids is 2. The Morgan fingerprint density at radius 3 is 1.95 bits per heavy atom. The number of hydrogen-bond acceptors (Lipinski definition) is 4. The summed E-state index contributed by atoms with van der Waals surface area (Å²) < 4.78 is 5.52. The Morgan fingerprint density at radius 2 is 1.53 bits per heavy atom. The second-order valence-corrected chi connectivity index (χ2v) is 7.01. The molecule has 0 radical (unpaired) electrons. The number of ketones is 2. The van der Waals surface area contributed by atoms with Crippen molar-refractivity contribution in [1.29, 1.82) is 0 Å². The van der Waals surface area contributed by atoms with Gasteiger partial charge >= 0.3 is 0 Å². The van der Waals surface area contributed by atoms with E-state index in [2.05, 4.69) is 0 Å². The van der Waals surface area contributed by atoms with E-state index in [4.69, 9.17) is 4.74 Å². The highest BCUT2D eigenvalue weighted by Gasteiger charge is 2.32. The highest BCUT2D eigenvalue weighted by Crippen LogP contribution is 2.23. The molecule has 4 heteroatoms. The van der Waals surface area contributed by atoms with Crippen molar-refractivity contribution in [2.75, 3.05) is 33.9 Å². The molecule has 0 fully saturated rings. The molecule has 0 heterocycles. The normalized spacial score (nSPS) is 12.8. The summed E-state index contributed by atoms with van der Waals surface area (Å²) in [6, 6.07) is 0. The third kappa shape index (κ3) is 7.43. The van der Waals surface area contributed by atoms with Gasteiger partial charge in [0.05, 0.1) is 19.6 Å². The lowest BCUT2D eigenvalue weighted by atomic mass is 9.81. The summed E-state index contributed by atoms with van der Waals surface area (Å²) in [6.45, 7) is 11.0. The van der Waals surface area contributed by atoms with Crippen molar-refractivity contribution in [1.82, 2.24) is 4.90 Å². The van der Waals surface area contributed by atoms with Crippen molar-refractivity contribution in [3.63, 3.8) is 0 Å². The Morgan fingerprint density at radius 1 is 1.00 bits per heavy atom. The lowest BCUT2D eigenvalue weighted by Crippen LogP contribution is -2.34. The zero-order valence-electron chi connectivity index (χ0n) is 13.5. The molecule has 0 aliphatic heterocycles. The van der Waals surface area contributed by atoms with E-state index in [1.54, 1.807) is 0 Å². The van der Waals surface area contributed by atoms with E-state index in [9.17, 15) is 9.59 Å². The molecule has 0 aromatic heterocycles. The molecule has 19 heavy (non-hydrogen) atoms. The molecule has 0 aliphatic rings. The number of hydrogen-bond donors (Lipinski definition) is 0. The SMILES string of the molecule is CN(C)CCOCC(C)(C)C(=O)CC(=O)C(C)(C)C. The van der Waals surface area contributed by atoms with Crippen molar-refractivity contribution in [2.24, 2.45) is 10.8 Å². The molecule has 0 spiro atoms. The number of carbonyl (C=O) groups is 2. The Labute approximate surface area is 117 Å². The highest BCUT2D eigenvalue weighted by molar-refractivity contribution is 6.03. The van der Waals surface area contributed by atoms with Crippen LogP contribution in [0, 0.1) is 10.8 Å².